The molecule has 0 aliphatic carbocycles. The highest BCUT2D eigenvalue weighted by molar-refractivity contribution is 6.50. The molecule has 3 aromatic rings. The molecule has 0 aliphatic heterocycles. The first-order chi connectivity index (χ1) is 10.5. The van der Waals surface area contributed by atoms with E-state index in [9.17, 15) is 0 Å². The van der Waals surface area contributed by atoms with Crippen LogP contribution in [0.2, 0.25) is 0 Å². The monoisotopic (exact) mass is 314 g/mol. The molecule has 22 heavy (non-hydrogen) atoms. The second kappa shape index (κ2) is 5.81. The van der Waals surface area contributed by atoms with Crippen LogP contribution in [0.1, 0.15) is 28.5 Å². The Morgan fingerprint density at radius 3 is 2.41 bits per heavy atom. The predicted octanol–water partition coefficient (Wildman–Crippen LogP) is 4.99. The van der Waals surface area contributed by atoms with Crippen LogP contribution in [0.15, 0.2) is 39.2 Å². The van der Waals surface area contributed by atoms with Crippen molar-refractivity contribution in [2.75, 3.05) is 0 Å². The quantitative estimate of drug-likeness (QED) is 0.683. The van der Waals surface area contributed by atoms with E-state index >= 15 is 0 Å². The molecule has 5 heteroatoms. The van der Waals surface area contributed by atoms with Crippen LogP contribution in [-0.2, 0) is 0 Å². The van der Waals surface area contributed by atoms with Crippen molar-refractivity contribution in [3.63, 3.8) is 0 Å². The number of aryl methyl sites for hydroxylation is 3. The predicted molar refractivity (Wildman–Crippen MR) is 86.4 cm³/mol. The second-order valence-electron chi connectivity index (χ2n) is 5.14. The van der Waals surface area contributed by atoms with Crippen LogP contribution >= 0.6 is 11.6 Å². The molecule has 0 bridgehead atoms. The maximum absolute atomic E-state index is 6.27. The fourth-order valence-electron chi connectivity index (χ4n) is 2.14. The average molecular weight is 315 g/mol. The minimum Gasteiger partial charge on any atom is -0.466 e. The average Bonchev–Trinajstić information content (AvgIpc) is 3.08. The maximum Gasteiger partial charge on any atom is 0.259 e. The van der Waals surface area contributed by atoms with Gasteiger partial charge in [0.15, 0.2) is 0 Å². The van der Waals surface area contributed by atoms with Gasteiger partial charge in [0.1, 0.15) is 16.6 Å². The van der Waals surface area contributed by atoms with E-state index < -0.39 is 0 Å². The van der Waals surface area contributed by atoms with Crippen molar-refractivity contribution in [2.45, 2.75) is 20.8 Å². The Labute approximate surface area is 133 Å². The molecule has 2 heterocycles. The Hall–Kier alpha value is -2.33. The third kappa shape index (κ3) is 2.97. The highest BCUT2D eigenvalue weighted by Gasteiger charge is 2.16. The SMILES string of the molecule is Cc1ccc(/C=C(\Cl)c2nnc(-c3cc(C)oc3C)o2)cc1. The number of rotatable bonds is 3. The van der Waals surface area contributed by atoms with Crippen molar-refractivity contribution in [1.82, 2.24) is 10.2 Å². The fraction of sp³-hybridized carbons (Fsp3) is 0.176. The maximum atomic E-state index is 6.27. The standard InChI is InChI=1S/C17H15ClN2O2/c1-10-4-6-13(7-5-10)9-15(18)17-20-19-16(22-17)14-8-11(2)21-12(14)3/h4-9H,1-3H3/b15-9-. The zero-order chi connectivity index (χ0) is 15.7. The molecule has 0 amide bonds. The van der Waals surface area contributed by atoms with E-state index in [0.717, 1.165) is 22.6 Å². The minimum atomic E-state index is 0.287. The number of aromatic nitrogens is 2. The van der Waals surface area contributed by atoms with Gasteiger partial charge >= 0.3 is 0 Å². The van der Waals surface area contributed by atoms with Crippen molar-refractivity contribution in [3.8, 4) is 11.5 Å². The summed E-state index contributed by atoms with van der Waals surface area (Å²) >= 11 is 6.27. The van der Waals surface area contributed by atoms with Gasteiger partial charge < -0.3 is 8.83 Å². The van der Waals surface area contributed by atoms with Crippen molar-refractivity contribution < 1.29 is 8.83 Å². The summed E-state index contributed by atoms with van der Waals surface area (Å²) in [6.45, 7) is 5.77. The summed E-state index contributed by atoms with van der Waals surface area (Å²) in [5.41, 5.74) is 2.96. The largest absolute Gasteiger partial charge is 0.466 e. The Morgan fingerprint density at radius 1 is 1.05 bits per heavy atom. The highest BCUT2D eigenvalue weighted by atomic mass is 35.5. The smallest absolute Gasteiger partial charge is 0.259 e. The van der Waals surface area contributed by atoms with E-state index in [1.807, 2.05) is 51.1 Å². The molecule has 1 aromatic carbocycles. The molecule has 3 rings (SSSR count). The number of hydrogen-bond donors (Lipinski definition) is 0. The molecule has 0 atom stereocenters. The van der Waals surface area contributed by atoms with Gasteiger partial charge in [-0.3, -0.25) is 0 Å². The summed E-state index contributed by atoms with van der Waals surface area (Å²) in [6.07, 6.45) is 1.80. The lowest BCUT2D eigenvalue weighted by Crippen LogP contribution is -1.79. The first-order valence-corrected chi connectivity index (χ1v) is 7.26. The lowest BCUT2D eigenvalue weighted by Gasteiger charge is -1.96. The molecular formula is C17H15ClN2O2. The first kappa shape index (κ1) is 14.6. The number of hydrogen-bond acceptors (Lipinski definition) is 4. The summed E-state index contributed by atoms with van der Waals surface area (Å²) in [5, 5.41) is 8.44. The van der Waals surface area contributed by atoms with Gasteiger partial charge in [-0.05, 0) is 38.5 Å². The Balaban J connectivity index is 1.90. The van der Waals surface area contributed by atoms with Gasteiger partial charge in [0.05, 0.1) is 5.56 Å². The molecular weight excluding hydrogens is 300 g/mol. The highest BCUT2D eigenvalue weighted by Crippen LogP contribution is 2.28. The third-order valence-corrected chi connectivity index (χ3v) is 3.54. The Bertz CT molecular complexity index is 829. The van der Waals surface area contributed by atoms with Crippen LogP contribution < -0.4 is 0 Å². The molecule has 0 spiro atoms. The van der Waals surface area contributed by atoms with E-state index in [0.29, 0.717) is 10.9 Å². The summed E-state index contributed by atoms with van der Waals surface area (Å²) in [4.78, 5) is 0. The minimum absolute atomic E-state index is 0.287. The summed E-state index contributed by atoms with van der Waals surface area (Å²) in [5.74, 6) is 2.23. The van der Waals surface area contributed by atoms with E-state index in [2.05, 4.69) is 10.2 Å². The normalized spacial score (nSPS) is 11.9. The van der Waals surface area contributed by atoms with Crippen LogP contribution in [0, 0.1) is 20.8 Å². The molecule has 4 nitrogen and oxygen atoms in total. The van der Waals surface area contributed by atoms with Gasteiger partial charge in [-0.2, -0.15) is 0 Å². The van der Waals surface area contributed by atoms with E-state index in [4.69, 9.17) is 20.4 Å². The summed E-state index contributed by atoms with van der Waals surface area (Å²) in [6, 6.07) is 9.88. The van der Waals surface area contributed by atoms with Crippen LogP contribution in [0.25, 0.3) is 22.6 Å². The van der Waals surface area contributed by atoms with Crippen molar-refractivity contribution in [2.24, 2.45) is 0 Å². The molecule has 0 aliphatic rings. The van der Waals surface area contributed by atoms with E-state index in [-0.39, 0.29) is 5.89 Å². The van der Waals surface area contributed by atoms with Crippen molar-refractivity contribution >= 4 is 22.7 Å². The summed E-state index contributed by atoms with van der Waals surface area (Å²) < 4.78 is 11.1. The Morgan fingerprint density at radius 2 is 1.77 bits per heavy atom. The van der Waals surface area contributed by atoms with Crippen molar-refractivity contribution in [1.29, 1.82) is 0 Å². The van der Waals surface area contributed by atoms with Gasteiger partial charge in [-0.15, -0.1) is 10.2 Å². The molecule has 0 unspecified atom stereocenters. The fourth-order valence-corrected chi connectivity index (χ4v) is 2.34. The van der Waals surface area contributed by atoms with Crippen LogP contribution in [0.3, 0.4) is 0 Å². The molecule has 0 N–H and O–H groups in total. The molecule has 0 radical (unpaired) electrons. The first-order valence-electron chi connectivity index (χ1n) is 6.88. The lowest BCUT2D eigenvalue weighted by atomic mass is 10.1. The molecule has 2 aromatic heterocycles. The second-order valence-corrected chi connectivity index (χ2v) is 5.55. The number of furan rings is 1. The number of nitrogens with zero attached hydrogens (tertiary/aromatic N) is 2. The topological polar surface area (TPSA) is 52.1 Å². The number of halogens is 1. The molecule has 0 saturated heterocycles. The van der Waals surface area contributed by atoms with Gasteiger partial charge in [0.25, 0.3) is 11.8 Å². The number of benzene rings is 1. The summed E-state index contributed by atoms with van der Waals surface area (Å²) in [7, 11) is 0. The molecule has 112 valence electrons. The molecule has 0 fully saturated rings. The zero-order valence-electron chi connectivity index (χ0n) is 12.6. The third-order valence-electron chi connectivity index (χ3n) is 3.27. The van der Waals surface area contributed by atoms with Gasteiger partial charge in [0, 0.05) is 0 Å². The van der Waals surface area contributed by atoms with Gasteiger partial charge in [-0.1, -0.05) is 41.4 Å². The lowest BCUT2D eigenvalue weighted by molar-refractivity contribution is 0.502. The van der Waals surface area contributed by atoms with E-state index in [1.165, 1.54) is 5.56 Å². The van der Waals surface area contributed by atoms with Crippen molar-refractivity contribution in [3.05, 3.63) is 58.9 Å². The molecule has 0 saturated carbocycles. The van der Waals surface area contributed by atoms with Crippen LogP contribution in [0.4, 0.5) is 0 Å². The zero-order valence-corrected chi connectivity index (χ0v) is 13.3. The Kier molecular flexibility index (Phi) is 3.86. The van der Waals surface area contributed by atoms with Gasteiger partial charge in [0.2, 0.25) is 0 Å². The van der Waals surface area contributed by atoms with Crippen LogP contribution in [0.5, 0.6) is 0 Å². The van der Waals surface area contributed by atoms with E-state index in [1.54, 1.807) is 6.08 Å². The van der Waals surface area contributed by atoms with Gasteiger partial charge in [-0.25, -0.2) is 0 Å². The van der Waals surface area contributed by atoms with Crippen LogP contribution in [-0.4, -0.2) is 10.2 Å².